The average Bonchev–Trinajstić information content (AvgIpc) is 3.05. The second-order valence-corrected chi connectivity index (χ2v) is 8.60. The van der Waals surface area contributed by atoms with Crippen molar-refractivity contribution in [3.63, 3.8) is 0 Å². The van der Waals surface area contributed by atoms with Crippen molar-refractivity contribution in [3.05, 3.63) is 36.4 Å². The number of hydrogen-bond donors (Lipinski definition) is 1. The average molecular weight is 321 g/mol. The van der Waals surface area contributed by atoms with Crippen molar-refractivity contribution in [2.75, 3.05) is 5.32 Å². The minimum Gasteiger partial charge on any atom is -0.348 e. The first-order valence-corrected chi connectivity index (χ1v) is 8.82. The van der Waals surface area contributed by atoms with Gasteiger partial charge < -0.3 is 9.88 Å². The third kappa shape index (κ3) is 1.52. The van der Waals surface area contributed by atoms with Crippen molar-refractivity contribution in [2.45, 2.75) is 38.8 Å². The predicted molar refractivity (Wildman–Crippen MR) is 99.6 cm³/mol. The highest BCUT2D eigenvalue weighted by Gasteiger charge is 2.47. The molecule has 3 nitrogen and oxygen atoms in total. The van der Waals surface area contributed by atoms with E-state index < -0.39 is 0 Å². The van der Waals surface area contributed by atoms with Crippen LogP contribution in [0.4, 0.5) is 5.95 Å². The third-order valence-corrected chi connectivity index (χ3v) is 6.80. The Kier molecular flexibility index (Phi) is 2.25. The van der Waals surface area contributed by atoms with Crippen molar-refractivity contribution in [1.82, 2.24) is 9.55 Å². The zero-order chi connectivity index (χ0) is 16.0. The van der Waals surface area contributed by atoms with Crippen molar-refractivity contribution >= 4 is 48.5 Å². The quantitative estimate of drug-likeness (QED) is 0.473. The van der Waals surface area contributed by atoms with Crippen molar-refractivity contribution < 1.29 is 0 Å². The van der Waals surface area contributed by atoms with E-state index in [2.05, 4.69) is 74.0 Å². The normalized spacial score (nSPS) is 18.6. The summed E-state index contributed by atoms with van der Waals surface area (Å²) < 4.78 is 5.02. The van der Waals surface area contributed by atoms with Gasteiger partial charge in [-0.1, -0.05) is 18.2 Å². The van der Waals surface area contributed by atoms with Crippen LogP contribution in [0.5, 0.6) is 0 Å². The third-order valence-electron chi connectivity index (χ3n) is 5.67. The van der Waals surface area contributed by atoms with Gasteiger partial charge in [-0.15, -0.1) is 11.3 Å². The van der Waals surface area contributed by atoms with E-state index in [1.54, 1.807) is 0 Å². The molecule has 116 valence electrons. The van der Waals surface area contributed by atoms with E-state index in [1.807, 2.05) is 11.3 Å². The van der Waals surface area contributed by atoms with Gasteiger partial charge in [0, 0.05) is 20.2 Å². The lowest BCUT2D eigenvalue weighted by Crippen LogP contribution is -2.46. The van der Waals surface area contributed by atoms with Gasteiger partial charge in [-0.25, -0.2) is 4.98 Å². The molecule has 1 N–H and O–H groups in total. The predicted octanol–water partition coefficient (Wildman–Crippen LogP) is 5.34. The molecule has 0 saturated heterocycles. The summed E-state index contributed by atoms with van der Waals surface area (Å²) in [5.41, 5.74) is 2.25. The number of fused-ring (bicyclic) bond motifs is 6. The molecule has 4 aromatic rings. The van der Waals surface area contributed by atoms with E-state index in [1.165, 1.54) is 25.7 Å². The molecule has 0 aliphatic carbocycles. The Morgan fingerprint density at radius 1 is 1.00 bits per heavy atom. The van der Waals surface area contributed by atoms with Gasteiger partial charge in [-0.2, -0.15) is 0 Å². The molecule has 1 aliphatic heterocycles. The largest absolute Gasteiger partial charge is 0.348 e. The monoisotopic (exact) mass is 321 g/mol. The van der Waals surface area contributed by atoms with Crippen LogP contribution in [0.3, 0.4) is 0 Å². The fourth-order valence-electron chi connectivity index (χ4n) is 3.66. The minimum absolute atomic E-state index is 0.0187. The molecule has 0 amide bonds. The van der Waals surface area contributed by atoms with Crippen LogP contribution in [-0.4, -0.2) is 15.1 Å². The number of rotatable bonds is 0. The van der Waals surface area contributed by atoms with Gasteiger partial charge in [0.2, 0.25) is 5.95 Å². The summed E-state index contributed by atoms with van der Waals surface area (Å²) in [6.07, 6.45) is 0. The van der Waals surface area contributed by atoms with Crippen molar-refractivity contribution in [2.24, 2.45) is 0 Å². The Bertz CT molecular complexity index is 1100. The highest BCUT2D eigenvalue weighted by atomic mass is 32.1. The minimum atomic E-state index is -0.0312. The van der Waals surface area contributed by atoms with Crippen LogP contribution in [0.2, 0.25) is 0 Å². The van der Waals surface area contributed by atoms with E-state index in [-0.39, 0.29) is 11.1 Å². The SMILES string of the molecule is CC1(C)Nc2nc3cc4sc5ccccc5c4cc3n2C1(C)C. The molecule has 0 atom stereocenters. The fourth-order valence-corrected chi connectivity index (χ4v) is 4.78. The summed E-state index contributed by atoms with van der Waals surface area (Å²) in [5.74, 6) is 0.983. The lowest BCUT2D eigenvalue weighted by molar-refractivity contribution is 0.270. The summed E-state index contributed by atoms with van der Waals surface area (Å²) in [5, 5.41) is 6.27. The first kappa shape index (κ1) is 13.4. The molecule has 2 aromatic carbocycles. The van der Waals surface area contributed by atoms with Gasteiger partial charge >= 0.3 is 0 Å². The Labute approximate surface area is 138 Å². The number of nitrogens with zero attached hydrogens (tertiary/aromatic N) is 2. The number of anilines is 1. The molecule has 0 unspecified atom stereocenters. The Balaban J connectivity index is 1.92. The molecule has 23 heavy (non-hydrogen) atoms. The van der Waals surface area contributed by atoms with E-state index in [0.717, 1.165) is 11.5 Å². The summed E-state index contributed by atoms with van der Waals surface area (Å²) in [6.45, 7) is 9.05. The van der Waals surface area contributed by atoms with Crippen LogP contribution in [0, 0.1) is 0 Å². The maximum atomic E-state index is 4.86. The van der Waals surface area contributed by atoms with Gasteiger partial charge in [-0.3, -0.25) is 0 Å². The molecule has 5 rings (SSSR count). The molecule has 0 bridgehead atoms. The van der Waals surface area contributed by atoms with E-state index in [9.17, 15) is 0 Å². The molecule has 2 aromatic heterocycles. The maximum Gasteiger partial charge on any atom is 0.204 e. The van der Waals surface area contributed by atoms with Crippen LogP contribution in [0.25, 0.3) is 31.2 Å². The first-order chi connectivity index (χ1) is 10.9. The van der Waals surface area contributed by atoms with Crippen LogP contribution in [0.15, 0.2) is 36.4 Å². The number of nitrogens with one attached hydrogen (secondary N) is 1. The molecule has 0 radical (unpaired) electrons. The van der Waals surface area contributed by atoms with Gasteiger partial charge in [0.15, 0.2) is 0 Å². The zero-order valence-electron chi connectivity index (χ0n) is 13.8. The highest BCUT2D eigenvalue weighted by Crippen LogP contribution is 2.45. The molecular weight excluding hydrogens is 302 g/mol. The van der Waals surface area contributed by atoms with Crippen LogP contribution in [-0.2, 0) is 5.54 Å². The summed E-state index contributed by atoms with van der Waals surface area (Å²) >= 11 is 1.85. The highest BCUT2D eigenvalue weighted by molar-refractivity contribution is 7.25. The number of hydrogen-bond acceptors (Lipinski definition) is 3. The van der Waals surface area contributed by atoms with Crippen molar-refractivity contribution in [1.29, 1.82) is 0 Å². The molecule has 1 aliphatic rings. The molecule has 0 fully saturated rings. The second-order valence-electron chi connectivity index (χ2n) is 7.52. The summed E-state index contributed by atoms with van der Waals surface area (Å²) in [6, 6.07) is 13.2. The Morgan fingerprint density at radius 3 is 2.61 bits per heavy atom. The fraction of sp³-hybridized carbons (Fsp3) is 0.316. The topological polar surface area (TPSA) is 29.9 Å². The Morgan fingerprint density at radius 2 is 1.78 bits per heavy atom. The zero-order valence-corrected chi connectivity index (χ0v) is 14.6. The van der Waals surface area contributed by atoms with E-state index >= 15 is 0 Å². The van der Waals surface area contributed by atoms with Gasteiger partial charge in [0.05, 0.1) is 22.1 Å². The van der Waals surface area contributed by atoms with Crippen LogP contribution < -0.4 is 5.32 Å². The maximum absolute atomic E-state index is 4.86. The van der Waals surface area contributed by atoms with Crippen LogP contribution in [0.1, 0.15) is 27.7 Å². The summed E-state index contributed by atoms with van der Waals surface area (Å²) in [7, 11) is 0. The number of benzene rings is 2. The first-order valence-electron chi connectivity index (χ1n) is 8.01. The lowest BCUT2D eigenvalue weighted by Gasteiger charge is -2.35. The Hall–Kier alpha value is -2.07. The molecule has 4 heteroatoms. The smallest absolute Gasteiger partial charge is 0.204 e. The van der Waals surface area contributed by atoms with Gasteiger partial charge in [0.25, 0.3) is 0 Å². The molecule has 0 saturated carbocycles. The lowest BCUT2D eigenvalue weighted by atomic mass is 9.84. The van der Waals surface area contributed by atoms with Crippen molar-refractivity contribution in [3.8, 4) is 0 Å². The number of imidazole rings is 1. The second kappa shape index (κ2) is 3.88. The standard InChI is InChI=1S/C19H19N3S/c1-18(2)19(3,4)22-14-9-12-11-7-5-6-8-15(11)23-16(12)10-13(14)20-17(22)21-18/h5-10H,1-4H3,(H,20,21). The molecular formula is C19H19N3S. The number of thiophene rings is 1. The van der Waals surface area contributed by atoms with Gasteiger partial charge in [0.1, 0.15) is 0 Å². The number of aromatic nitrogens is 2. The van der Waals surface area contributed by atoms with Gasteiger partial charge in [-0.05, 0) is 45.9 Å². The van der Waals surface area contributed by atoms with E-state index in [0.29, 0.717) is 0 Å². The summed E-state index contributed by atoms with van der Waals surface area (Å²) in [4.78, 5) is 4.86. The molecule has 0 spiro atoms. The van der Waals surface area contributed by atoms with E-state index in [4.69, 9.17) is 4.98 Å². The molecule has 3 heterocycles. The van der Waals surface area contributed by atoms with Crippen LogP contribution >= 0.6 is 11.3 Å².